The van der Waals surface area contributed by atoms with Crippen molar-refractivity contribution in [1.29, 1.82) is 0 Å². The Kier molecular flexibility index (Phi) is 4.81. The van der Waals surface area contributed by atoms with Crippen LogP contribution in [-0.4, -0.2) is 17.6 Å². The van der Waals surface area contributed by atoms with E-state index in [-0.39, 0.29) is 5.54 Å². The number of methoxy groups -OCH3 is 1. The van der Waals surface area contributed by atoms with E-state index in [1.54, 1.807) is 13.3 Å². The molecule has 0 bridgehead atoms. The second-order valence-electron chi connectivity index (χ2n) is 5.88. The van der Waals surface area contributed by atoms with Crippen LogP contribution in [0.15, 0.2) is 42.6 Å². The molecule has 2 rings (SSSR count). The van der Waals surface area contributed by atoms with Crippen LogP contribution >= 0.6 is 0 Å². The van der Waals surface area contributed by atoms with Crippen LogP contribution in [0.2, 0.25) is 0 Å². The largest absolute Gasteiger partial charge is 0.497 e. The summed E-state index contributed by atoms with van der Waals surface area (Å²) in [6.45, 7) is 7.21. The minimum atomic E-state index is 0.0836. The van der Waals surface area contributed by atoms with Gasteiger partial charge in [0, 0.05) is 24.3 Å². The highest BCUT2D eigenvalue weighted by molar-refractivity contribution is 5.34. The third kappa shape index (κ3) is 5.08. The molecule has 0 spiro atoms. The van der Waals surface area contributed by atoms with E-state index in [1.807, 2.05) is 36.4 Å². The fourth-order valence-electron chi connectivity index (χ4n) is 1.75. The highest BCUT2D eigenvalue weighted by Gasteiger charge is 2.09. The topological polar surface area (TPSA) is 43.4 Å². The molecule has 0 saturated carbocycles. The summed E-state index contributed by atoms with van der Waals surface area (Å²) >= 11 is 0. The molecule has 1 aromatic carbocycles. The molecule has 0 atom stereocenters. The van der Waals surface area contributed by atoms with Crippen LogP contribution in [0.1, 0.15) is 26.3 Å². The lowest BCUT2D eigenvalue weighted by Gasteiger charge is -2.20. The molecule has 0 unspecified atom stereocenters. The van der Waals surface area contributed by atoms with Crippen LogP contribution in [0, 0.1) is 0 Å². The Morgan fingerprint density at radius 2 is 1.71 bits per heavy atom. The average Bonchev–Trinajstić information content (AvgIpc) is 2.46. The lowest BCUT2D eigenvalue weighted by Crippen LogP contribution is -2.35. The predicted octanol–water partition coefficient (Wildman–Crippen LogP) is 3.77. The molecule has 0 fully saturated rings. The number of hydrogen-bond acceptors (Lipinski definition) is 4. The van der Waals surface area contributed by atoms with Gasteiger partial charge in [0.05, 0.1) is 7.11 Å². The molecule has 21 heavy (non-hydrogen) atoms. The van der Waals surface area contributed by atoms with Crippen molar-refractivity contribution in [2.45, 2.75) is 32.9 Å². The van der Waals surface area contributed by atoms with Crippen molar-refractivity contribution >= 4 is 0 Å². The fourth-order valence-corrected chi connectivity index (χ4v) is 1.75. The van der Waals surface area contributed by atoms with Crippen LogP contribution < -0.4 is 14.8 Å². The number of rotatable bonds is 5. The number of ether oxygens (including phenoxy) is 2. The fraction of sp³-hybridized carbons (Fsp3) is 0.353. The minimum absolute atomic E-state index is 0.0836. The van der Waals surface area contributed by atoms with Gasteiger partial charge in [0.15, 0.2) is 0 Å². The Balaban J connectivity index is 2.03. The van der Waals surface area contributed by atoms with Gasteiger partial charge in [0.1, 0.15) is 11.5 Å². The molecule has 0 saturated heterocycles. The summed E-state index contributed by atoms with van der Waals surface area (Å²) in [5.74, 6) is 2.14. The third-order valence-corrected chi connectivity index (χ3v) is 2.90. The molecule has 0 amide bonds. The van der Waals surface area contributed by atoms with E-state index >= 15 is 0 Å². The van der Waals surface area contributed by atoms with Crippen molar-refractivity contribution in [2.75, 3.05) is 7.11 Å². The Hall–Kier alpha value is -2.07. The van der Waals surface area contributed by atoms with Gasteiger partial charge in [0.25, 0.3) is 0 Å². The van der Waals surface area contributed by atoms with Gasteiger partial charge in [-0.05, 0) is 56.7 Å². The smallest absolute Gasteiger partial charge is 0.219 e. The highest BCUT2D eigenvalue weighted by Crippen LogP contribution is 2.22. The normalized spacial score (nSPS) is 11.2. The van der Waals surface area contributed by atoms with E-state index in [9.17, 15) is 0 Å². The molecular formula is C17H22N2O2. The molecule has 4 heteroatoms. The number of nitrogens with one attached hydrogen (secondary N) is 1. The number of aromatic nitrogens is 1. The molecule has 2 aromatic rings. The van der Waals surface area contributed by atoms with Crippen LogP contribution in [0.5, 0.6) is 17.4 Å². The third-order valence-electron chi connectivity index (χ3n) is 2.90. The van der Waals surface area contributed by atoms with Crippen LogP contribution in [0.25, 0.3) is 0 Å². The van der Waals surface area contributed by atoms with Crippen molar-refractivity contribution in [3.63, 3.8) is 0 Å². The van der Waals surface area contributed by atoms with Gasteiger partial charge in [-0.3, -0.25) is 0 Å². The standard InChI is InChI=1S/C17H22N2O2/c1-17(2,3)19-12-13-9-10-18-16(11-13)21-15-7-5-14(20-4)6-8-15/h5-11,19H,12H2,1-4H3. The van der Waals surface area contributed by atoms with Gasteiger partial charge >= 0.3 is 0 Å². The average molecular weight is 286 g/mol. The Morgan fingerprint density at radius 1 is 1.05 bits per heavy atom. The van der Waals surface area contributed by atoms with E-state index in [1.165, 1.54) is 0 Å². The quantitative estimate of drug-likeness (QED) is 0.908. The predicted molar refractivity (Wildman–Crippen MR) is 83.9 cm³/mol. The zero-order chi connectivity index (χ0) is 15.3. The lowest BCUT2D eigenvalue weighted by molar-refractivity contribution is 0.411. The molecule has 0 radical (unpaired) electrons. The van der Waals surface area contributed by atoms with Crippen molar-refractivity contribution < 1.29 is 9.47 Å². The SMILES string of the molecule is COc1ccc(Oc2cc(CNC(C)(C)C)ccn2)cc1. The van der Waals surface area contributed by atoms with Gasteiger partial charge in [-0.2, -0.15) is 0 Å². The first kappa shape index (κ1) is 15.3. The summed E-state index contributed by atoms with van der Waals surface area (Å²) in [6, 6.07) is 11.4. The maximum atomic E-state index is 5.76. The van der Waals surface area contributed by atoms with Gasteiger partial charge in [-0.25, -0.2) is 4.98 Å². The van der Waals surface area contributed by atoms with Crippen molar-refractivity contribution in [3.05, 3.63) is 48.2 Å². The van der Waals surface area contributed by atoms with Crippen molar-refractivity contribution in [2.24, 2.45) is 0 Å². The second kappa shape index (κ2) is 6.59. The van der Waals surface area contributed by atoms with Gasteiger partial charge in [-0.1, -0.05) is 0 Å². The Morgan fingerprint density at radius 3 is 2.33 bits per heavy atom. The minimum Gasteiger partial charge on any atom is -0.497 e. The zero-order valence-electron chi connectivity index (χ0n) is 13.0. The molecule has 112 valence electrons. The number of nitrogens with zero attached hydrogens (tertiary/aromatic N) is 1. The highest BCUT2D eigenvalue weighted by atomic mass is 16.5. The van der Waals surface area contributed by atoms with E-state index in [2.05, 4.69) is 31.1 Å². The van der Waals surface area contributed by atoms with Gasteiger partial charge in [0.2, 0.25) is 5.88 Å². The van der Waals surface area contributed by atoms with E-state index < -0.39 is 0 Å². The monoisotopic (exact) mass is 286 g/mol. The second-order valence-corrected chi connectivity index (χ2v) is 5.88. The maximum absolute atomic E-state index is 5.76. The van der Waals surface area contributed by atoms with Crippen molar-refractivity contribution in [3.8, 4) is 17.4 Å². The van der Waals surface area contributed by atoms with E-state index in [4.69, 9.17) is 9.47 Å². The van der Waals surface area contributed by atoms with Gasteiger partial charge in [-0.15, -0.1) is 0 Å². The molecule has 4 nitrogen and oxygen atoms in total. The molecule has 0 aliphatic carbocycles. The first-order chi connectivity index (χ1) is 9.96. The van der Waals surface area contributed by atoms with Crippen LogP contribution in [0.4, 0.5) is 0 Å². The van der Waals surface area contributed by atoms with Crippen LogP contribution in [-0.2, 0) is 6.54 Å². The lowest BCUT2D eigenvalue weighted by atomic mass is 10.1. The molecule has 0 aliphatic rings. The summed E-state index contributed by atoms with van der Waals surface area (Å²) in [6.07, 6.45) is 1.76. The number of hydrogen-bond donors (Lipinski definition) is 1. The summed E-state index contributed by atoms with van der Waals surface area (Å²) in [7, 11) is 1.64. The number of benzene rings is 1. The van der Waals surface area contributed by atoms with Gasteiger partial charge < -0.3 is 14.8 Å². The molecule has 1 aromatic heterocycles. The Labute approximate surface area is 126 Å². The molecule has 1 N–H and O–H groups in total. The van der Waals surface area contributed by atoms with E-state index in [0.29, 0.717) is 5.88 Å². The number of pyridine rings is 1. The zero-order valence-corrected chi connectivity index (χ0v) is 13.0. The first-order valence-electron chi connectivity index (χ1n) is 6.98. The molecule has 1 heterocycles. The maximum Gasteiger partial charge on any atom is 0.219 e. The summed E-state index contributed by atoms with van der Waals surface area (Å²) in [5, 5.41) is 3.44. The van der Waals surface area contributed by atoms with E-state index in [0.717, 1.165) is 23.6 Å². The summed E-state index contributed by atoms with van der Waals surface area (Å²) in [5.41, 5.74) is 1.23. The summed E-state index contributed by atoms with van der Waals surface area (Å²) in [4.78, 5) is 4.24. The molecule has 0 aliphatic heterocycles. The van der Waals surface area contributed by atoms with Crippen molar-refractivity contribution in [1.82, 2.24) is 10.3 Å². The summed E-state index contributed by atoms with van der Waals surface area (Å²) < 4.78 is 10.9. The Bertz CT molecular complexity index is 574. The first-order valence-corrected chi connectivity index (χ1v) is 6.98. The molecular weight excluding hydrogens is 264 g/mol. The van der Waals surface area contributed by atoms with Crippen LogP contribution in [0.3, 0.4) is 0 Å².